The summed E-state index contributed by atoms with van der Waals surface area (Å²) in [6.45, 7) is 3.70. The molecule has 6 heteroatoms. The van der Waals surface area contributed by atoms with E-state index in [2.05, 4.69) is 5.32 Å². The van der Waals surface area contributed by atoms with Crippen molar-refractivity contribution in [2.75, 3.05) is 18.5 Å². The molecule has 0 radical (unpaired) electrons. The van der Waals surface area contributed by atoms with Crippen LogP contribution >= 0.6 is 0 Å². The Bertz CT molecular complexity index is 415. The van der Waals surface area contributed by atoms with Gasteiger partial charge in [-0.05, 0) is 18.2 Å². The molecule has 18 heavy (non-hydrogen) atoms. The number of benzene rings is 1. The smallest absolute Gasteiger partial charge is 0.396 e. The second-order valence-electron chi connectivity index (χ2n) is 4.87. The molecule has 0 aliphatic rings. The first-order valence-corrected chi connectivity index (χ1v) is 5.37. The molecule has 0 fully saturated rings. The molecular weight excluding hydrogens is 250 g/mol. The van der Waals surface area contributed by atoms with Gasteiger partial charge in [-0.2, -0.15) is 13.2 Å². The summed E-state index contributed by atoms with van der Waals surface area (Å²) in [5.41, 5.74) is -1.59. The summed E-state index contributed by atoms with van der Waals surface area (Å²) >= 11 is 0. The van der Waals surface area contributed by atoms with E-state index in [1.54, 1.807) is 13.8 Å². The van der Waals surface area contributed by atoms with Crippen molar-refractivity contribution in [3.63, 3.8) is 0 Å². The lowest BCUT2D eigenvalue weighted by Gasteiger charge is -2.23. The van der Waals surface area contributed by atoms with Crippen LogP contribution in [-0.4, -0.2) is 18.3 Å². The molecule has 1 rings (SSSR count). The second kappa shape index (κ2) is 5.14. The van der Waals surface area contributed by atoms with Crippen molar-refractivity contribution in [3.8, 4) is 0 Å². The van der Waals surface area contributed by atoms with Gasteiger partial charge in [0, 0.05) is 24.3 Å². The van der Waals surface area contributed by atoms with Crippen LogP contribution in [0.3, 0.4) is 0 Å². The lowest BCUT2D eigenvalue weighted by molar-refractivity contribution is -0.139. The molecule has 0 aliphatic carbocycles. The molecule has 0 aliphatic heterocycles. The summed E-state index contributed by atoms with van der Waals surface area (Å²) in [6, 6.07) is 2.73. The van der Waals surface area contributed by atoms with E-state index in [1.165, 1.54) is 6.07 Å². The molecule has 1 aromatic carbocycles. The Labute approximate surface area is 103 Å². The lowest BCUT2D eigenvalue weighted by atomic mass is 9.95. The predicted octanol–water partition coefficient (Wildman–Crippen LogP) is 3.27. The molecule has 1 aromatic rings. The number of anilines is 1. The molecule has 0 amide bonds. The highest BCUT2D eigenvalue weighted by atomic mass is 19.4. The molecule has 0 atom stereocenters. The molecule has 0 aromatic heterocycles. The zero-order valence-electron chi connectivity index (χ0n) is 10.1. The van der Waals surface area contributed by atoms with Crippen molar-refractivity contribution in [3.05, 3.63) is 29.6 Å². The van der Waals surface area contributed by atoms with Crippen molar-refractivity contribution < 1.29 is 22.7 Å². The highest BCUT2D eigenvalue weighted by Crippen LogP contribution is 2.33. The number of rotatable bonds is 4. The van der Waals surface area contributed by atoms with Gasteiger partial charge in [0.2, 0.25) is 0 Å². The van der Waals surface area contributed by atoms with Crippen LogP contribution in [0.5, 0.6) is 0 Å². The van der Waals surface area contributed by atoms with Gasteiger partial charge in [-0.1, -0.05) is 13.8 Å². The molecule has 0 unspecified atom stereocenters. The standard InChI is InChI=1S/C12H15F4NO/c1-11(2,7-18)6-17-8-3-4-10(13)9(5-8)12(14,15)16/h3-5,17-18H,6-7H2,1-2H3. The van der Waals surface area contributed by atoms with Gasteiger partial charge in [-0.15, -0.1) is 0 Å². The molecule has 0 saturated heterocycles. The van der Waals surface area contributed by atoms with Gasteiger partial charge in [0.05, 0.1) is 5.56 Å². The molecule has 2 nitrogen and oxygen atoms in total. The van der Waals surface area contributed by atoms with Gasteiger partial charge in [0.25, 0.3) is 0 Å². The van der Waals surface area contributed by atoms with E-state index >= 15 is 0 Å². The minimum atomic E-state index is -4.71. The minimum Gasteiger partial charge on any atom is -0.396 e. The van der Waals surface area contributed by atoms with E-state index in [9.17, 15) is 17.6 Å². The van der Waals surface area contributed by atoms with Gasteiger partial charge in [0.15, 0.2) is 0 Å². The number of aliphatic hydroxyl groups is 1. The highest BCUT2D eigenvalue weighted by molar-refractivity contribution is 5.47. The summed E-state index contributed by atoms with van der Waals surface area (Å²) in [6.07, 6.45) is -4.71. The number of nitrogens with one attached hydrogen (secondary N) is 1. The SMILES string of the molecule is CC(C)(CO)CNc1ccc(F)c(C(F)(F)F)c1. The Morgan fingerprint density at radius 3 is 2.33 bits per heavy atom. The van der Waals surface area contributed by atoms with E-state index < -0.39 is 23.0 Å². The second-order valence-corrected chi connectivity index (χ2v) is 4.87. The van der Waals surface area contributed by atoms with Crippen molar-refractivity contribution in [2.45, 2.75) is 20.0 Å². The molecule has 0 spiro atoms. The number of hydrogen-bond donors (Lipinski definition) is 2. The van der Waals surface area contributed by atoms with E-state index in [-0.39, 0.29) is 18.8 Å². The van der Waals surface area contributed by atoms with Crippen molar-refractivity contribution in [1.29, 1.82) is 0 Å². The minimum absolute atomic E-state index is 0.104. The van der Waals surface area contributed by atoms with Crippen LogP contribution in [0.25, 0.3) is 0 Å². The summed E-state index contributed by atoms with van der Waals surface area (Å²) in [4.78, 5) is 0. The first kappa shape index (κ1) is 14.8. The molecule has 2 N–H and O–H groups in total. The van der Waals surface area contributed by atoms with E-state index in [4.69, 9.17) is 5.11 Å². The fourth-order valence-corrected chi connectivity index (χ4v) is 1.25. The fraction of sp³-hybridized carbons (Fsp3) is 0.500. The van der Waals surface area contributed by atoms with Crippen LogP contribution in [0, 0.1) is 11.2 Å². The molecule has 0 bridgehead atoms. The molecule has 0 heterocycles. The molecule has 102 valence electrons. The van der Waals surface area contributed by atoms with Crippen molar-refractivity contribution in [2.24, 2.45) is 5.41 Å². The molecular formula is C12H15F4NO. The number of alkyl halides is 3. The summed E-state index contributed by atoms with van der Waals surface area (Å²) < 4.78 is 50.4. The Balaban J connectivity index is 2.87. The number of hydrogen-bond acceptors (Lipinski definition) is 2. The van der Waals surface area contributed by atoms with E-state index in [1.807, 2.05) is 0 Å². The number of halogens is 4. The Morgan fingerprint density at radius 2 is 1.83 bits per heavy atom. The van der Waals surface area contributed by atoms with Crippen molar-refractivity contribution in [1.82, 2.24) is 0 Å². The van der Waals surface area contributed by atoms with Gasteiger partial charge < -0.3 is 10.4 Å². The Kier molecular flexibility index (Phi) is 4.21. The maximum Gasteiger partial charge on any atom is 0.419 e. The van der Waals surface area contributed by atoms with Crippen LogP contribution < -0.4 is 5.32 Å². The maximum absolute atomic E-state index is 13.0. The zero-order chi connectivity index (χ0) is 14.0. The Hall–Kier alpha value is -1.30. The monoisotopic (exact) mass is 265 g/mol. The van der Waals surface area contributed by atoms with Gasteiger partial charge in [0.1, 0.15) is 5.82 Å². The summed E-state index contributed by atoms with van der Waals surface area (Å²) in [5, 5.41) is 11.8. The quantitative estimate of drug-likeness (QED) is 0.819. The molecule has 0 saturated carbocycles. The largest absolute Gasteiger partial charge is 0.419 e. The maximum atomic E-state index is 13.0. The topological polar surface area (TPSA) is 32.3 Å². The average molecular weight is 265 g/mol. The van der Waals surface area contributed by atoms with Crippen LogP contribution in [-0.2, 0) is 6.18 Å². The fourth-order valence-electron chi connectivity index (χ4n) is 1.25. The van der Waals surface area contributed by atoms with Crippen LogP contribution in [0.4, 0.5) is 23.2 Å². The first-order valence-electron chi connectivity index (χ1n) is 5.37. The summed E-state index contributed by atoms with van der Waals surface area (Å²) in [7, 11) is 0. The van der Waals surface area contributed by atoms with Gasteiger partial charge in [-0.3, -0.25) is 0 Å². The van der Waals surface area contributed by atoms with Crippen molar-refractivity contribution >= 4 is 5.69 Å². The van der Waals surface area contributed by atoms with Crippen LogP contribution in [0.1, 0.15) is 19.4 Å². The van der Waals surface area contributed by atoms with Gasteiger partial charge >= 0.3 is 6.18 Å². The van der Waals surface area contributed by atoms with E-state index in [0.717, 1.165) is 12.1 Å². The van der Waals surface area contributed by atoms with Crippen LogP contribution in [0.15, 0.2) is 18.2 Å². The lowest BCUT2D eigenvalue weighted by Crippen LogP contribution is -2.26. The van der Waals surface area contributed by atoms with Crippen LogP contribution in [0.2, 0.25) is 0 Å². The number of aliphatic hydroxyl groups excluding tert-OH is 1. The first-order chi connectivity index (χ1) is 8.15. The van der Waals surface area contributed by atoms with Gasteiger partial charge in [-0.25, -0.2) is 4.39 Å². The third kappa shape index (κ3) is 3.87. The third-order valence-corrected chi connectivity index (χ3v) is 2.47. The van der Waals surface area contributed by atoms with E-state index in [0.29, 0.717) is 0 Å². The average Bonchev–Trinajstić information content (AvgIpc) is 2.26. The third-order valence-electron chi connectivity index (χ3n) is 2.47. The Morgan fingerprint density at radius 1 is 1.22 bits per heavy atom. The zero-order valence-corrected chi connectivity index (χ0v) is 10.1. The normalized spacial score (nSPS) is 12.6. The highest BCUT2D eigenvalue weighted by Gasteiger charge is 2.34. The summed E-state index contributed by atoms with van der Waals surface area (Å²) in [5.74, 6) is -1.30. The predicted molar refractivity (Wildman–Crippen MR) is 60.8 cm³/mol.